The van der Waals surface area contributed by atoms with Crippen LogP contribution in [0.3, 0.4) is 0 Å². The Morgan fingerprint density at radius 2 is 1.59 bits per heavy atom. The molecule has 12 heteroatoms. The number of halogens is 1. The standard InChI is InChI=1S/C34H30FN5O6/c1-45-29-11-2-20(18-27(29)41)12-16-37-31(42)26-19-25-28(13-17-36-30(25)40-26)46-24-9-7-23(8-10-24)39-33(44)34(14-15-34)32(43)38-22-5-3-21(35)4-6-22/h2-11,13,17-19,41H,12,14-16H2,1H3,(H,36,40)(H,37,42)(H,38,43)(H,39,44). The predicted molar refractivity (Wildman–Crippen MR) is 169 cm³/mol. The number of methoxy groups -OCH3 is 1. The van der Waals surface area contributed by atoms with E-state index < -0.39 is 23.0 Å². The van der Waals surface area contributed by atoms with Crippen LogP contribution in [0.1, 0.15) is 28.9 Å². The summed E-state index contributed by atoms with van der Waals surface area (Å²) in [5.74, 6) is -0.216. The topological polar surface area (TPSA) is 155 Å². The van der Waals surface area contributed by atoms with Crippen molar-refractivity contribution in [3.63, 3.8) is 0 Å². The lowest BCUT2D eigenvalue weighted by Crippen LogP contribution is -2.35. The Hall–Kier alpha value is -5.91. The first kappa shape index (κ1) is 30.1. The van der Waals surface area contributed by atoms with Gasteiger partial charge in [0.2, 0.25) is 11.8 Å². The molecule has 0 bridgehead atoms. The van der Waals surface area contributed by atoms with Crippen molar-refractivity contribution in [3.05, 3.63) is 102 Å². The number of aromatic amines is 1. The molecule has 1 aliphatic carbocycles. The first-order chi connectivity index (χ1) is 22.2. The first-order valence-corrected chi connectivity index (χ1v) is 14.5. The Balaban J connectivity index is 1.05. The minimum atomic E-state index is -1.18. The fraction of sp³-hybridized carbons (Fsp3) is 0.176. The number of carbonyl (C=O) groups is 3. The van der Waals surface area contributed by atoms with Gasteiger partial charge in [-0.05, 0) is 97.6 Å². The maximum absolute atomic E-state index is 13.2. The van der Waals surface area contributed by atoms with E-state index in [2.05, 4.69) is 25.9 Å². The molecule has 3 aromatic carbocycles. The number of nitrogens with one attached hydrogen (secondary N) is 4. The summed E-state index contributed by atoms with van der Waals surface area (Å²) in [5.41, 5.74) is 1.36. The van der Waals surface area contributed by atoms with Crippen LogP contribution < -0.4 is 25.4 Å². The van der Waals surface area contributed by atoms with Gasteiger partial charge < -0.3 is 35.5 Å². The molecule has 0 radical (unpaired) electrons. The summed E-state index contributed by atoms with van der Waals surface area (Å²) < 4.78 is 24.3. The summed E-state index contributed by atoms with van der Waals surface area (Å²) in [6.45, 7) is 0.347. The average Bonchev–Trinajstić information content (AvgIpc) is 3.75. The summed E-state index contributed by atoms with van der Waals surface area (Å²) in [7, 11) is 1.48. The van der Waals surface area contributed by atoms with Crippen LogP contribution in [0.4, 0.5) is 15.8 Å². The Morgan fingerprint density at radius 3 is 2.22 bits per heavy atom. The summed E-state index contributed by atoms with van der Waals surface area (Å²) in [5, 5.41) is 18.9. The molecular formula is C34H30FN5O6. The van der Waals surface area contributed by atoms with Crippen molar-refractivity contribution in [2.24, 2.45) is 5.41 Å². The van der Waals surface area contributed by atoms with Crippen LogP contribution in [0.25, 0.3) is 11.0 Å². The minimum absolute atomic E-state index is 0.0376. The molecule has 234 valence electrons. The Bertz CT molecular complexity index is 1920. The molecule has 1 fully saturated rings. The molecule has 5 aromatic rings. The van der Waals surface area contributed by atoms with E-state index in [0.29, 0.717) is 71.2 Å². The number of hydrogen-bond acceptors (Lipinski definition) is 7. The van der Waals surface area contributed by atoms with E-state index in [-0.39, 0.29) is 11.7 Å². The number of anilines is 2. The van der Waals surface area contributed by atoms with Gasteiger partial charge in [-0.3, -0.25) is 14.4 Å². The second-order valence-electron chi connectivity index (χ2n) is 10.9. The molecule has 0 aliphatic heterocycles. The highest BCUT2D eigenvalue weighted by Crippen LogP contribution is 2.47. The summed E-state index contributed by atoms with van der Waals surface area (Å²) in [6, 6.07) is 20.5. The average molecular weight is 624 g/mol. The van der Waals surface area contributed by atoms with Gasteiger partial charge in [-0.2, -0.15) is 0 Å². The molecule has 0 atom stereocenters. The number of ether oxygens (including phenoxy) is 2. The number of amides is 3. The number of phenolic OH excluding ortho intramolecular Hbond substituents is 1. The lowest BCUT2D eigenvalue weighted by molar-refractivity contribution is -0.131. The van der Waals surface area contributed by atoms with Crippen molar-refractivity contribution in [1.29, 1.82) is 0 Å². The van der Waals surface area contributed by atoms with Crippen molar-refractivity contribution < 1.29 is 33.4 Å². The second-order valence-corrected chi connectivity index (χ2v) is 10.9. The summed E-state index contributed by atoms with van der Waals surface area (Å²) in [4.78, 5) is 46.0. The fourth-order valence-corrected chi connectivity index (χ4v) is 4.97. The van der Waals surface area contributed by atoms with Gasteiger partial charge in [0.15, 0.2) is 11.5 Å². The zero-order chi connectivity index (χ0) is 32.3. The smallest absolute Gasteiger partial charge is 0.267 e. The van der Waals surface area contributed by atoms with Gasteiger partial charge in [0, 0.05) is 24.1 Å². The predicted octanol–water partition coefficient (Wildman–Crippen LogP) is 5.54. The number of benzene rings is 3. The molecule has 1 saturated carbocycles. The third kappa shape index (κ3) is 6.46. The van der Waals surface area contributed by atoms with Crippen molar-refractivity contribution in [3.8, 4) is 23.0 Å². The third-order valence-electron chi connectivity index (χ3n) is 7.74. The zero-order valence-corrected chi connectivity index (χ0v) is 24.7. The quantitative estimate of drug-likeness (QED) is 0.121. The second kappa shape index (κ2) is 12.6. The van der Waals surface area contributed by atoms with E-state index in [4.69, 9.17) is 9.47 Å². The van der Waals surface area contributed by atoms with E-state index in [1.165, 1.54) is 31.4 Å². The molecule has 0 saturated heterocycles. The van der Waals surface area contributed by atoms with Gasteiger partial charge in [0.1, 0.15) is 34.1 Å². The van der Waals surface area contributed by atoms with Gasteiger partial charge >= 0.3 is 0 Å². The number of pyridine rings is 1. The molecule has 2 heterocycles. The molecule has 46 heavy (non-hydrogen) atoms. The van der Waals surface area contributed by atoms with Gasteiger partial charge in [-0.15, -0.1) is 0 Å². The van der Waals surface area contributed by atoms with E-state index in [1.54, 1.807) is 54.7 Å². The number of phenols is 1. The molecule has 0 unspecified atom stereocenters. The molecular weight excluding hydrogens is 593 g/mol. The van der Waals surface area contributed by atoms with E-state index in [0.717, 1.165) is 5.56 Å². The SMILES string of the molecule is COc1ccc(CCNC(=O)c2cc3c(Oc4ccc(NC(=O)C5(C(=O)Nc6ccc(F)cc6)CC5)cc4)ccnc3[nH]2)cc1O. The van der Waals surface area contributed by atoms with Crippen LogP contribution in [0, 0.1) is 11.2 Å². The summed E-state index contributed by atoms with van der Waals surface area (Å²) >= 11 is 0. The van der Waals surface area contributed by atoms with Crippen LogP contribution in [0.15, 0.2) is 85.1 Å². The Kier molecular flexibility index (Phi) is 8.25. The number of nitrogens with zero attached hydrogens (tertiary/aromatic N) is 1. The lowest BCUT2D eigenvalue weighted by atomic mass is 10.0. The van der Waals surface area contributed by atoms with E-state index in [9.17, 15) is 23.9 Å². The maximum Gasteiger partial charge on any atom is 0.267 e. The molecule has 6 rings (SSSR count). The number of aromatic hydroxyl groups is 1. The van der Waals surface area contributed by atoms with Crippen molar-refractivity contribution in [2.45, 2.75) is 19.3 Å². The highest BCUT2D eigenvalue weighted by molar-refractivity contribution is 6.16. The van der Waals surface area contributed by atoms with Gasteiger partial charge in [-0.25, -0.2) is 9.37 Å². The zero-order valence-electron chi connectivity index (χ0n) is 24.7. The Labute approximate surface area is 262 Å². The van der Waals surface area contributed by atoms with Crippen molar-refractivity contribution >= 4 is 40.1 Å². The monoisotopic (exact) mass is 623 g/mol. The molecule has 1 aliphatic rings. The number of aromatic nitrogens is 2. The number of hydrogen-bond donors (Lipinski definition) is 5. The van der Waals surface area contributed by atoms with Gasteiger partial charge in [-0.1, -0.05) is 6.07 Å². The molecule has 3 amide bonds. The molecule has 5 N–H and O–H groups in total. The lowest BCUT2D eigenvalue weighted by Gasteiger charge is -2.16. The van der Waals surface area contributed by atoms with E-state index in [1.807, 2.05) is 6.07 Å². The summed E-state index contributed by atoms with van der Waals surface area (Å²) in [6.07, 6.45) is 2.90. The number of H-pyrrole nitrogens is 1. The van der Waals surface area contributed by atoms with Crippen LogP contribution >= 0.6 is 0 Å². The molecule has 2 aromatic heterocycles. The third-order valence-corrected chi connectivity index (χ3v) is 7.74. The van der Waals surface area contributed by atoms with E-state index >= 15 is 0 Å². The number of rotatable bonds is 11. The van der Waals surface area contributed by atoms with Crippen LogP contribution in [0.2, 0.25) is 0 Å². The Morgan fingerprint density at radius 1 is 0.913 bits per heavy atom. The minimum Gasteiger partial charge on any atom is -0.504 e. The van der Waals surface area contributed by atoms with Crippen LogP contribution in [-0.4, -0.2) is 46.5 Å². The van der Waals surface area contributed by atoms with Gasteiger partial charge in [0.05, 0.1) is 12.5 Å². The number of fused-ring (bicyclic) bond motifs is 1. The van der Waals surface area contributed by atoms with Crippen molar-refractivity contribution in [1.82, 2.24) is 15.3 Å². The molecule has 11 nitrogen and oxygen atoms in total. The maximum atomic E-state index is 13.2. The van der Waals surface area contributed by atoms with Gasteiger partial charge in [0.25, 0.3) is 5.91 Å². The highest BCUT2D eigenvalue weighted by atomic mass is 19.1. The number of carbonyl (C=O) groups excluding carboxylic acids is 3. The largest absolute Gasteiger partial charge is 0.504 e. The highest BCUT2D eigenvalue weighted by Gasteiger charge is 2.56. The first-order valence-electron chi connectivity index (χ1n) is 14.5. The molecule has 0 spiro atoms. The van der Waals surface area contributed by atoms with Crippen LogP contribution in [-0.2, 0) is 16.0 Å². The normalized spacial score (nSPS) is 13.1. The fourth-order valence-electron chi connectivity index (χ4n) is 4.97. The van der Waals surface area contributed by atoms with Crippen LogP contribution in [0.5, 0.6) is 23.0 Å². The van der Waals surface area contributed by atoms with Crippen molar-refractivity contribution in [2.75, 3.05) is 24.3 Å².